The van der Waals surface area contributed by atoms with Crippen molar-refractivity contribution in [1.82, 2.24) is 5.32 Å². The van der Waals surface area contributed by atoms with Gasteiger partial charge in [0.25, 0.3) is 5.91 Å². The molecular formula is C14H16FNO3. The van der Waals surface area contributed by atoms with Gasteiger partial charge in [0.2, 0.25) is 0 Å². The smallest absolute Gasteiger partial charge is 0.328 e. The third-order valence-electron chi connectivity index (χ3n) is 2.66. The molecule has 0 heterocycles. The molecule has 1 aromatic carbocycles. The van der Waals surface area contributed by atoms with Gasteiger partial charge < -0.3 is 10.4 Å². The van der Waals surface area contributed by atoms with E-state index in [1.807, 2.05) is 13.8 Å². The number of carboxylic acid groups (broad SMARTS) is 1. The zero-order valence-electron chi connectivity index (χ0n) is 10.8. The van der Waals surface area contributed by atoms with E-state index < -0.39 is 11.8 Å². The molecule has 0 aliphatic heterocycles. The van der Waals surface area contributed by atoms with Crippen molar-refractivity contribution in [3.8, 4) is 0 Å². The van der Waals surface area contributed by atoms with Crippen molar-refractivity contribution >= 4 is 18.0 Å². The van der Waals surface area contributed by atoms with E-state index >= 15 is 0 Å². The van der Waals surface area contributed by atoms with Gasteiger partial charge in [-0.15, -0.1) is 0 Å². The zero-order valence-corrected chi connectivity index (χ0v) is 10.8. The first kappa shape index (κ1) is 14.9. The molecule has 0 bridgehead atoms. The summed E-state index contributed by atoms with van der Waals surface area (Å²) < 4.78 is 13.7. The van der Waals surface area contributed by atoms with Gasteiger partial charge in [0.1, 0.15) is 5.82 Å². The van der Waals surface area contributed by atoms with Gasteiger partial charge in [0.15, 0.2) is 0 Å². The molecule has 0 spiro atoms. The van der Waals surface area contributed by atoms with E-state index in [9.17, 15) is 14.0 Å². The molecule has 0 radical (unpaired) electrons. The van der Waals surface area contributed by atoms with Crippen molar-refractivity contribution in [3.63, 3.8) is 0 Å². The summed E-state index contributed by atoms with van der Waals surface area (Å²) in [5.74, 6) is -2.13. The van der Waals surface area contributed by atoms with Crippen molar-refractivity contribution in [2.75, 3.05) is 0 Å². The molecule has 1 unspecified atom stereocenters. The molecule has 0 saturated carbocycles. The van der Waals surface area contributed by atoms with Crippen molar-refractivity contribution in [2.24, 2.45) is 0 Å². The Bertz CT molecular complexity index is 511. The number of nitrogens with one attached hydrogen (secondary N) is 1. The standard InChI is InChI=1S/C14H16FNO3/c1-3-9(2)16-14(19)11-5-4-10(12(15)8-11)6-7-13(17)18/h4-9H,3H2,1-2H3,(H,16,19)(H,17,18). The summed E-state index contributed by atoms with van der Waals surface area (Å²) in [4.78, 5) is 22.1. The number of benzene rings is 1. The minimum absolute atomic E-state index is 0.0159. The third-order valence-corrected chi connectivity index (χ3v) is 2.66. The molecule has 2 N–H and O–H groups in total. The van der Waals surface area contributed by atoms with E-state index in [4.69, 9.17) is 5.11 Å². The highest BCUT2D eigenvalue weighted by Crippen LogP contribution is 2.12. The van der Waals surface area contributed by atoms with E-state index in [1.165, 1.54) is 12.1 Å². The molecule has 19 heavy (non-hydrogen) atoms. The van der Waals surface area contributed by atoms with Crippen LogP contribution >= 0.6 is 0 Å². The van der Waals surface area contributed by atoms with Gasteiger partial charge in [-0.05, 0) is 31.6 Å². The summed E-state index contributed by atoms with van der Waals surface area (Å²) in [6, 6.07) is 3.95. The summed E-state index contributed by atoms with van der Waals surface area (Å²) in [6.07, 6.45) is 2.78. The third kappa shape index (κ3) is 4.54. The van der Waals surface area contributed by atoms with Crippen molar-refractivity contribution in [3.05, 3.63) is 41.2 Å². The van der Waals surface area contributed by atoms with Gasteiger partial charge in [-0.2, -0.15) is 0 Å². The maximum atomic E-state index is 13.7. The van der Waals surface area contributed by atoms with Gasteiger partial charge in [-0.25, -0.2) is 9.18 Å². The lowest BCUT2D eigenvalue weighted by Gasteiger charge is -2.11. The second-order valence-electron chi connectivity index (χ2n) is 4.19. The van der Waals surface area contributed by atoms with Crippen molar-refractivity contribution in [1.29, 1.82) is 0 Å². The lowest BCUT2D eigenvalue weighted by atomic mass is 10.1. The number of carbonyl (C=O) groups is 2. The summed E-state index contributed by atoms with van der Waals surface area (Å²) in [5.41, 5.74) is 0.341. The Hall–Kier alpha value is -2.17. The molecule has 5 heteroatoms. The molecule has 1 amide bonds. The number of aliphatic carboxylic acids is 1. The lowest BCUT2D eigenvalue weighted by Crippen LogP contribution is -2.31. The van der Waals surface area contributed by atoms with Gasteiger partial charge in [-0.1, -0.05) is 13.0 Å². The summed E-state index contributed by atoms with van der Waals surface area (Å²) in [7, 11) is 0. The van der Waals surface area contributed by atoms with E-state index in [0.717, 1.165) is 24.6 Å². The average Bonchev–Trinajstić information content (AvgIpc) is 2.36. The number of hydrogen-bond acceptors (Lipinski definition) is 2. The first-order chi connectivity index (χ1) is 8.93. The molecule has 1 atom stereocenters. The van der Waals surface area contributed by atoms with Crippen molar-refractivity contribution in [2.45, 2.75) is 26.3 Å². The molecule has 1 rings (SSSR count). The molecule has 0 fully saturated rings. The van der Waals surface area contributed by atoms with E-state index in [0.29, 0.717) is 0 Å². The number of halogens is 1. The number of carbonyl (C=O) groups excluding carboxylic acids is 1. The highest BCUT2D eigenvalue weighted by atomic mass is 19.1. The molecule has 0 aliphatic rings. The molecule has 4 nitrogen and oxygen atoms in total. The van der Waals surface area contributed by atoms with Crippen LogP contribution in [0.15, 0.2) is 24.3 Å². The van der Waals surface area contributed by atoms with Crippen LogP contribution in [-0.2, 0) is 4.79 Å². The van der Waals surface area contributed by atoms with Crippen LogP contribution in [0.3, 0.4) is 0 Å². The Balaban J connectivity index is 2.87. The quantitative estimate of drug-likeness (QED) is 0.804. The molecule has 0 aromatic heterocycles. The zero-order chi connectivity index (χ0) is 14.4. The topological polar surface area (TPSA) is 66.4 Å². The molecule has 1 aromatic rings. The normalized spacial score (nSPS) is 12.4. The first-order valence-corrected chi connectivity index (χ1v) is 5.95. The van der Waals surface area contributed by atoms with Crippen LogP contribution in [0.2, 0.25) is 0 Å². The van der Waals surface area contributed by atoms with Gasteiger partial charge >= 0.3 is 5.97 Å². The Labute approximate surface area is 110 Å². The lowest BCUT2D eigenvalue weighted by molar-refractivity contribution is -0.131. The minimum atomic E-state index is -1.15. The van der Waals surface area contributed by atoms with Gasteiger partial charge in [0.05, 0.1) is 0 Å². The first-order valence-electron chi connectivity index (χ1n) is 5.95. The Morgan fingerprint density at radius 3 is 2.68 bits per heavy atom. The number of rotatable bonds is 5. The van der Waals surface area contributed by atoms with Crippen LogP contribution in [0.4, 0.5) is 4.39 Å². The van der Waals surface area contributed by atoms with Gasteiger partial charge in [-0.3, -0.25) is 4.79 Å². The predicted molar refractivity (Wildman–Crippen MR) is 70.3 cm³/mol. The van der Waals surface area contributed by atoms with Crippen molar-refractivity contribution < 1.29 is 19.1 Å². The largest absolute Gasteiger partial charge is 0.478 e. The van der Waals surface area contributed by atoms with Crippen LogP contribution in [-0.4, -0.2) is 23.0 Å². The fourth-order valence-corrected chi connectivity index (χ4v) is 1.37. The predicted octanol–water partition coefficient (Wildman–Crippen LogP) is 2.45. The second-order valence-corrected chi connectivity index (χ2v) is 4.19. The highest BCUT2D eigenvalue weighted by molar-refractivity contribution is 5.94. The van der Waals surface area contributed by atoms with E-state index in [1.54, 1.807) is 0 Å². The number of amides is 1. The van der Waals surface area contributed by atoms with E-state index in [-0.39, 0.29) is 23.1 Å². The maximum absolute atomic E-state index is 13.7. The SMILES string of the molecule is CCC(C)NC(=O)c1ccc(C=CC(=O)O)c(F)c1. The fraction of sp³-hybridized carbons (Fsp3) is 0.286. The fourth-order valence-electron chi connectivity index (χ4n) is 1.37. The maximum Gasteiger partial charge on any atom is 0.328 e. The van der Waals surface area contributed by atoms with Gasteiger partial charge in [0, 0.05) is 23.2 Å². The minimum Gasteiger partial charge on any atom is -0.478 e. The number of carboxylic acids is 1. The van der Waals surface area contributed by atoms with Crippen LogP contribution in [0.25, 0.3) is 6.08 Å². The summed E-state index contributed by atoms with van der Waals surface area (Å²) in [5, 5.41) is 11.2. The second kappa shape index (κ2) is 6.68. The Morgan fingerprint density at radius 1 is 1.47 bits per heavy atom. The van der Waals surface area contributed by atoms with Crippen LogP contribution in [0, 0.1) is 5.82 Å². The molecule has 102 valence electrons. The summed E-state index contributed by atoms with van der Waals surface area (Å²) >= 11 is 0. The van der Waals surface area contributed by atoms with Crippen LogP contribution in [0.5, 0.6) is 0 Å². The Kier molecular flexibility index (Phi) is 5.23. The Morgan fingerprint density at radius 2 is 2.16 bits per heavy atom. The molecule has 0 saturated heterocycles. The highest BCUT2D eigenvalue weighted by Gasteiger charge is 2.10. The molecular weight excluding hydrogens is 249 g/mol. The number of hydrogen-bond donors (Lipinski definition) is 2. The monoisotopic (exact) mass is 265 g/mol. The van der Waals surface area contributed by atoms with E-state index in [2.05, 4.69) is 5.32 Å². The van der Waals surface area contributed by atoms with Crippen LogP contribution in [0.1, 0.15) is 36.2 Å². The van der Waals surface area contributed by atoms with Crippen LogP contribution < -0.4 is 5.32 Å². The average molecular weight is 265 g/mol. The summed E-state index contributed by atoms with van der Waals surface area (Å²) in [6.45, 7) is 3.80. The molecule has 0 aliphatic carbocycles.